The maximum Gasteiger partial charge on any atom is 0.410 e. The van der Waals surface area contributed by atoms with Gasteiger partial charge in [0.05, 0.1) is 18.1 Å². The number of nitrogens with one attached hydrogen (secondary N) is 1. The van der Waals surface area contributed by atoms with Gasteiger partial charge in [-0.25, -0.2) is 14.3 Å². The molecule has 1 unspecified atom stereocenters. The average Bonchev–Trinajstić information content (AvgIpc) is 3.58. The van der Waals surface area contributed by atoms with Crippen LogP contribution >= 0.6 is 0 Å². The summed E-state index contributed by atoms with van der Waals surface area (Å²) in [6.07, 6.45) is 13.3. The number of carbonyl (C=O) groups is 1. The van der Waals surface area contributed by atoms with Gasteiger partial charge < -0.3 is 20.1 Å². The van der Waals surface area contributed by atoms with Crippen LogP contribution in [-0.2, 0) is 4.74 Å². The summed E-state index contributed by atoms with van der Waals surface area (Å²) in [4.78, 5) is 22.0. The first-order valence-electron chi connectivity index (χ1n) is 13.2. The van der Waals surface area contributed by atoms with Gasteiger partial charge in [-0.15, -0.1) is 0 Å². The number of ether oxygens (including phenoxy) is 1. The Morgan fingerprint density at radius 2 is 1.85 bits per heavy atom. The summed E-state index contributed by atoms with van der Waals surface area (Å²) in [6.45, 7) is 9.51. The van der Waals surface area contributed by atoms with Crippen LogP contribution in [0.2, 0.25) is 0 Å². The Labute approximate surface area is 228 Å². The normalized spacial score (nSPS) is 16.3. The second kappa shape index (κ2) is 10.8. The summed E-state index contributed by atoms with van der Waals surface area (Å²) < 4.78 is 6.97. The Hall–Kier alpha value is -4.40. The van der Waals surface area contributed by atoms with E-state index in [-0.39, 0.29) is 17.4 Å². The zero-order valence-corrected chi connectivity index (χ0v) is 22.8. The number of fused-ring (bicyclic) bond motifs is 2. The zero-order valence-electron chi connectivity index (χ0n) is 22.8. The number of anilines is 1. The van der Waals surface area contributed by atoms with Gasteiger partial charge >= 0.3 is 6.09 Å². The molecule has 5 heterocycles. The maximum atomic E-state index is 11.4. The van der Waals surface area contributed by atoms with Crippen molar-refractivity contribution >= 4 is 23.5 Å². The van der Waals surface area contributed by atoms with E-state index < -0.39 is 0 Å². The molecule has 0 saturated carbocycles. The number of aromatic nitrogens is 4. The molecular weight excluding hydrogens is 492 g/mol. The van der Waals surface area contributed by atoms with Crippen molar-refractivity contribution in [3.63, 3.8) is 0 Å². The van der Waals surface area contributed by atoms with E-state index in [9.17, 15) is 9.90 Å². The predicted octanol–water partition coefficient (Wildman–Crippen LogP) is 6.01. The van der Waals surface area contributed by atoms with E-state index in [2.05, 4.69) is 51.6 Å². The molecule has 9 heteroatoms. The molecule has 9 nitrogen and oxygen atoms in total. The minimum atomic E-state index is -0.361. The van der Waals surface area contributed by atoms with Gasteiger partial charge in [-0.05, 0) is 64.3 Å². The number of benzene rings is 1. The fourth-order valence-corrected chi connectivity index (χ4v) is 4.62. The molecule has 202 valence electrons. The van der Waals surface area contributed by atoms with Crippen molar-refractivity contribution in [1.82, 2.24) is 24.5 Å². The van der Waals surface area contributed by atoms with Crippen LogP contribution in [0.25, 0.3) is 34.1 Å². The summed E-state index contributed by atoms with van der Waals surface area (Å²) in [5.74, 6) is 0.138. The minimum absolute atomic E-state index is 0.138. The van der Waals surface area contributed by atoms with Crippen LogP contribution < -0.4 is 5.32 Å². The van der Waals surface area contributed by atoms with E-state index in [4.69, 9.17) is 4.74 Å². The number of pyridine rings is 1. The molecule has 1 saturated heterocycles. The fraction of sp³-hybridized carbons (Fsp3) is 0.333. The highest BCUT2D eigenvalue weighted by Gasteiger charge is 2.24. The second-order valence-electron chi connectivity index (χ2n) is 10.8. The van der Waals surface area contributed by atoms with Gasteiger partial charge in [-0.2, -0.15) is 5.10 Å². The Bertz CT molecular complexity index is 1500. The molecule has 1 atom stereocenters. The lowest BCUT2D eigenvalue weighted by molar-refractivity contribution is 0.0295. The molecular formula is C30H34N6O3. The Morgan fingerprint density at radius 1 is 1.05 bits per heavy atom. The van der Waals surface area contributed by atoms with Gasteiger partial charge in [0.1, 0.15) is 11.4 Å². The highest BCUT2D eigenvalue weighted by molar-refractivity contribution is 5.89. The van der Waals surface area contributed by atoms with Gasteiger partial charge in [0, 0.05) is 53.9 Å². The van der Waals surface area contributed by atoms with Crippen molar-refractivity contribution in [3.05, 3.63) is 66.8 Å². The monoisotopic (exact) mass is 526 g/mol. The van der Waals surface area contributed by atoms with E-state index >= 15 is 0 Å². The molecule has 2 aliphatic heterocycles. The minimum Gasteiger partial charge on any atom is -0.506 e. The van der Waals surface area contributed by atoms with E-state index in [1.807, 2.05) is 39.2 Å². The van der Waals surface area contributed by atoms with Crippen LogP contribution in [0, 0.1) is 0 Å². The summed E-state index contributed by atoms with van der Waals surface area (Å²) in [6, 6.07) is 9.91. The van der Waals surface area contributed by atoms with Crippen molar-refractivity contribution < 1.29 is 14.6 Å². The number of hydrogen-bond donors (Lipinski definition) is 2. The van der Waals surface area contributed by atoms with Gasteiger partial charge in [0.25, 0.3) is 0 Å². The van der Waals surface area contributed by atoms with Crippen molar-refractivity contribution in [2.45, 2.75) is 52.2 Å². The van der Waals surface area contributed by atoms with Gasteiger partial charge in [0.2, 0.25) is 0 Å². The fourth-order valence-electron chi connectivity index (χ4n) is 4.62. The van der Waals surface area contributed by atoms with Crippen molar-refractivity contribution in [2.24, 2.45) is 0 Å². The standard InChI is InChI=1S/C21H17N5O.C9H17NO2/c1-13-5-7-17-16(3-2-4-20(17)25-13)18-11-24-26-12-14(9-23-21(18)26)19-8-6-15(27)10-22-19;1-9(2,3)12-8(11)10-6-4-5-7-10/h2-13,25,27H,1H3;4-7H2,1-3H3. The van der Waals surface area contributed by atoms with Crippen LogP contribution in [0.3, 0.4) is 0 Å². The third-order valence-electron chi connectivity index (χ3n) is 6.49. The first-order valence-corrected chi connectivity index (χ1v) is 13.2. The number of aromatic hydroxyl groups is 1. The summed E-state index contributed by atoms with van der Waals surface area (Å²) in [5, 5.41) is 17.4. The molecule has 2 N–H and O–H groups in total. The van der Waals surface area contributed by atoms with E-state index in [1.165, 1.54) is 6.20 Å². The number of nitrogens with zero attached hydrogens (tertiary/aromatic N) is 5. The number of amides is 1. The molecule has 0 bridgehead atoms. The molecule has 0 aliphatic carbocycles. The topological polar surface area (TPSA) is 105 Å². The van der Waals surface area contributed by atoms with Gasteiger partial charge in [-0.3, -0.25) is 4.98 Å². The molecule has 3 aromatic heterocycles. The lowest BCUT2D eigenvalue weighted by atomic mass is 9.96. The second-order valence-corrected chi connectivity index (χ2v) is 10.8. The Balaban J connectivity index is 0.000000217. The predicted molar refractivity (Wildman–Crippen MR) is 152 cm³/mol. The van der Waals surface area contributed by atoms with Crippen LogP contribution in [0.15, 0.2) is 61.2 Å². The smallest absolute Gasteiger partial charge is 0.410 e. The van der Waals surface area contributed by atoms with E-state index in [0.717, 1.165) is 65.2 Å². The summed E-state index contributed by atoms with van der Waals surface area (Å²) in [7, 11) is 0. The van der Waals surface area contributed by atoms with Gasteiger partial charge in [-0.1, -0.05) is 24.3 Å². The SMILES string of the molecule is CC(C)(C)OC(=O)N1CCCC1.CC1C=Cc2c(cccc2-c2cnn3cc(-c4ccc(O)cn4)cnc23)N1. The average molecular weight is 527 g/mol. The molecule has 2 aliphatic rings. The number of likely N-dealkylation sites (tertiary alicyclic amines) is 1. The lowest BCUT2D eigenvalue weighted by Crippen LogP contribution is -2.34. The first-order chi connectivity index (χ1) is 18.7. The Morgan fingerprint density at radius 3 is 2.56 bits per heavy atom. The Kier molecular flexibility index (Phi) is 7.24. The molecule has 4 aromatic rings. The zero-order chi connectivity index (χ0) is 27.6. The molecule has 0 spiro atoms. The summed E-state index contributed by atoms with van der Waals surface area (Å²) >= 11 is 0. The van der Waals surface area contributed by atoms with E-state index in [1.54, 1.807) is 27.7 Å². The van der Waals surface area contributed by atoms with Crippen molar-refractivity contribution in [3.8, 4) is 28.1 Å². The number of hydrogen-bond acceptors (Lipinski definition) is 7. The largest absolute Gasteiger partial charge is 0.506 e. The first kappa shape index (κ1) is 26.2. The van der Waals surface area contributed by atoms with Crippen LogP contribution in [0.1, 0.15) is 46.1 Å². The number of carbonyl (C=O) groups excluding carboxylic acids is 1. The molecule has 1 fully saturated rings. The van der Waals surface area contributed by atoms with Crippen LogP contribution in [0.4, 0.5) is 10.5 Å². The highest BCUT2D eigenvalue weighted by atomic mass is 16.6. The maximum absolute atomic E-state index is 11.4. The quantitative estimate of drug-likeness (QED) is 0.330. The molecule has 39 heavy (non-hydrogen) atoms. The van der Waals surface area contributed by atoms with Gasteiger partial charge in [0.15, 0.2) is 5.65 Å². The number of rotatable bonds is 2. The van der Waals surface area contributed by atoms with Crippen molar-refractivity contribution in [1.29, 1.82) is 0 Å². The molecule has 0 radical (unpaired) electrons. The highest BCUT2D eigenvalue weighted by Crippen LogP contribution is 2.35. The lowest BCUT2D eigenvalue weighted by Gasteiger charge is -2.23. The molecule has 1 amide bonds. The third kappa shape index (κ3) is 6.03. The molecule has 6 rings (SSSR count). The molecule has 1 aromatic carbocycles. The van der Waals surface area contributed by atoms with E-state index in [0.29, 0.717) is 6.04 Å². The third-order valence-corrected chi connectivity index (χ3v) is 6.49. The summed E-state index contributed by atoms with van der Waals surface area (Å²) in [5.41, 5.74) is 6.35. The van der Waals surface area contributed by atoms with Crippen LogP contribution in [-0.4, -0.2) is 60.4 Å². The van der Waals surface area contributed by atoms with Crippen molar-refractivity contribution in [2.75, 3.05) is 18.4 Å². The van der Waals surface area contributed by atoms with Crippen LogP contribution in [0.5, 0.6) is 5.75 Å².